The van der Waals surface area contributed by atoms with Crippen molar-refractivity contribution in [2.45, 2.75) is 19.8 Å². The molecule has 3 rings (SSSR count). The maximum atomic E-state index is 14.4. The fraction of sp³-hybridized carbons (Fsp3) is 0.143. The van der Waals surface area contributed by atoms with Gasteiger partial charge in [0.1, 0.15) is 5.82 Å². The summed E-state index contributed by atoms with van der Waals surface area (Å²) in [6.45, 7) is 2.08. The van der Waals surface area contributed by atoms with E-state index in [1.807, 2.05) is 36.4 Å². The molecule has 0 fully saturated rings. The van der Waals surface area contributed by atoms with Gasteiger partial charge in [-0.2, -0.15) is 0 Å². The third-order valence-electron chi connectivity index (χ3n) is 3.91. The number of aryl methyl sites for hydroxylation is 2. The van der Waals surface area contributed by atoms with E-state index in [0.29, 0.717) is 5.39 Å². The van der Waals surface area contributed by atoms with Crippen LogP contribution in [0.5, 0.6) is 0 Å². The van der Waals surface area contributed by atoms with Crippen molar-refractivity contribution in [1.29, 1.82) is 0 Å². The van der Waals surface area contributed by atoms with Crippen LogP contribution >= 0.6 is 0 Å². The van der Waals surface area contributed by atoms with Crippen molar-refractivity contribution in [3.05, 3.63) is 89.2 Å². The standard InChI is InChI=1S/C21H19F/c1-16-10-12-17(13-11-16)6-2-3-8-19-15-14-18-7-4-5-9-20(18)21(19)22/h2,4-7,9-15H,3,8H2,1H3. The van der Waals surface area contributed by atoms with E-state index in [1.54, 1.807) is 0 Å². The third kappa shape index (κ3) is 3.25. The molecular formula is C21H19F. The van der Waals surface area contributed by atoms with Crippen LogP contribution in [0.4, 0.5) is 4.39 Å². The highest BCUT2D eigenvalue weighted by Crippen LogP contribution is 2.22. The Morgan fingerprint density at radius 3 is 2.50 bits per heavy atom. The van der Waals surface area contributed by atoms with Crippen LogP contribution in [-0.4, -0.2) is 0 Å². The van der Waals surface area contributed by atoms with Crippen LogP contribution in [0.1, 0.15) is 23.1 Å². The van der Waals surface area contributed by atoms with E-state index >= 15 is 0 Å². The molecule has 0 radical (unpaired) electrons. The van der Waals surface area contributed by atoms with Gasteiger partial charge in [0.2, 0.25) is 0 Å². The lowest BCUT2D eigenvalue weighted by Crippen LogP contribution is -1.91. The first-order chi connectivity index (χ1) is 10.7. The molecule has 0 amide bonds. The van der Waals surface area contributed by atoms with E-state index in [-0.39, 0.29) is 5.82 Å². The van der Waals surface area contributed by atoms with Gasteiger partial charge in [0.05, 0.1) is 0 Å². The van der Waals surface area contributed by atoms with E-state index in [1.165, 1.54) is 11.1 Å². The molecule has 0 aromatic heterocycles. The van der Waals surface area contributed by atoms with Crippen LogP contribution in [0.25, 0.3) is 16.8 Å². The van der Waals surface area contributed by atoms with E-state index in [2.05, 4.69) is 43.3 Å². The summed E-state index contributed by atoms with van der Waals surface area (Å²) < 4.78 is 14.4. The summed E-state index contributed by atoms with van der Waals surface area (Å²) in [5.41, 5.74) is 3.23. The topological polar surface area (TPSA) is 0 Å². The molecule has 0 aliphatic heterocycles. The molecule has 3 aromatic rings. The predicted molar refractivity (Wildman–Crippen MR) is 92.4 cm³/mol. The maximum Gasteiger partial charge on any atom is 0.134 e. The van der Waals surface area contributed by atoms with Gasteiger partial charge in [0.25, 0.3) is 0 Å². The Bertz CT molecular complexity index is 798. The monoisotopic (exact) mass is 290 g/mol. The SMILES string of the molecule is Cc1ccc(C=CCCc2ccc3ccccc3c2F)cc1. The predicted octanol–water partition coefficient (Wildman–Crippen LogP) is 5.93. The fourth-order valence-corrected chi connectivity index (χ4v) is 2.61. The number of allylic oxidation sites excluding steroid dienone is 1. The highest BCUT2D eigenvalue weighted by Gasteiger charge is 2.05. The van der Waals surface area contributed by atoms with E-state index in [4.69, 9.17) is 0 Å². The first kappa shape index (κ1) is 14.5. The van der Waals surface area contributed by atoms with Crippen molar-refractivity contribution in [1.82, 2.24) is 0 Å². The van der Waals surface area contributed by atoms with E-state index in [0.717, 1.165) is 23.8 Å². The molecule has 0 spiro atoms. The van der Waals surface area contributed by atoms with Gasteiger partial charge in [-0.3, -0.25) is 0 Å². The number of halogens is 1. The molecular weight excluding hydrogens is 271 g/mol. The minimum Gasteiger partial charge on any atom is -0.206 e. The maximum absolute atomic E-state index is 14.4. The summed E-state index contributed by atoms with van der Waals surface area (Å²) in [7, 11) is 0. The number of fused-ring (bicyclic) bond motifs is 1. The molecule has 22 heavy (non-hydrogen) atoms. The molecule has 0 aliphatic rings. The zero-order valence-electron chi connectivity index (χ0n) is 12.7. The van der Waals surface area contributed by atoms with Crippen molar-refractivity contribution in [3.8, 4) is 0 Å². The number of hydrogen-bond donors (Lipinski definition) is 0. The molecule has 110 valence electrons. The second-order valence-corrected chi connectivity index (χ2v) is 5.61. The van der Waals surface area contributed by atoms with Gasteiger partial charge >= 0.3 is 0 Å². The van der Waals surface area contributed by atoms with Gasteiger partial charge in [-0.05, 0) is 36.3 Å². The lowest BCUT2D eigenvalue weighted by molar-refractivity contribution is 0.621. The highest BCUT2D eigenvalue weighted by molar-refractivity contribution is 5.83. The van der Waals surface area contributed by atoms with Crippen molar-refractivity contribution in [2.75, 3.05) is 0 Å². The molecule has 0 unspecified atom stereocenters. The minimum atomic E-state index is -0.0816. The Kier molecular flexibility index (Phi) is 4.34. The van der Waals surface area contributed by atoms with E-state index in [9.17, 15) is 4.39 Å². The van der Waals surface area contributed by atoms with Gasteiger partial charge in [-0.1, -0.05) is 78.4 Å². The molecule has 0 nitrogen and oxygen atoms in total. The molecule has 0 N–H and O–H groups in total. The van der Waals surface area contributed by atoms with Gasteiger partial charge < -0.3 is 0 Å². The van der Waals surface area contributed by atoms with Crippen LogP contribution in [-0.2, 0) is 6.42 Å². The Morgan fingerprint density at radius 1 is 0.909 bits per heavy atom. The summed E-state index contributed by atoms with van der Waals surface area (Å²) in [5.74, 6) is -0.0816. The zero-order valence-corrected chi connectivity index (χ0v) is 12.7. The number of hydrogen-bond acceptors (Lipinski definition) is 0. The number of rotatable bonds is 4. The van der Waals surface area contributed by atoms with Crippen molar-refractivity contribution in [3.63, 3.8) is 0 Å². The third-order valence-corrected chi connectivity index (χ3v) is 3.91. The molecule has 3 aromatic carbocycles. The lowest BCUT2D eigenvalue weighted by Gasteiger charge is -2.05. The Balaban J connectivity index is 1.69. The Labute approximate surface area is 130 Å². The summed E-state index contributed by atoms with van der Waals surface area (Å²) >= 11 is 0. The smallest absolute Gasteiger partial charge is 0.134 e. The van der Waals surface area contributed by atoms with Crippen LogP contribution in [0, 0.1) is 12.7 Å². The average molecular weight is 290 g/mol. The lowest BCUT2D eigenvalue weighted by atomic mass is 10.0. The van der Waals surface area contributed by atoms with E-state index < -0.39 is 0 Å². The Hall–Kier alpha value is -2.41. The van der Waals surface area contributed by atoms with Crippen LogP contribution in [0.15, 0.2) is 66.7 Å². The first-order valence-corrected chi connectivity index (χ1v) is 7.63. The summed E-state index contributed by atoms with van der Waals surface area (Å²) in [4.78, 5) is 0. The molecule has 0 atom stereocenters. The summed E-state index contributed by atoms with van der Waals surface area (Å²) in [6, 6.07) is 19.9. The van der Waals surface area contributed by atoms with Crippen LogP contribution in [0.3, 0.4) is 0 Å². The van der Waals surface area contributed by atoms with Crippen LogP contribution < -0.4 is 0 Å². The van der Waals surface area contributed by atoms with Gasteiger partial charge in [-0.15, -0.1) is 0 Å². The Morgan fingerprint density at radius 2 is 1.68 bits per heavy atom. The molecule has 0 aliphatic carbocycles. The largest absolute Gasteiger partial charge is 0.206 e. The quantitative estimate of drug-likeness (QED) is 0.558. The van der Waals surface area contributed by atoms with Gasteiger partial charge in [-0.25, -0.2) is 4.39 Å². The molecule has 1 heteroatoms. The fourth-order valence-electron chi connectivity index (χ4n) is 2.61. The summed E-state index contributed by atoms with van der Waals surface area (Å²) in [5, 5.41) is 1.67. The molecule has 0 saturated carbocycles. The van der Waals surface area contributed by atoms with Crippen LogP contribution in [0.2, 0.25) is 0 Å². The number of benzene rings is 3. The normalized spacial score (nSPS) is 11.4. The first-order valence-electron chi connectivity index (χ1n) is 7.63. The van der Waals surface area contributed by atoms with Gasteiger partial charge in [0, 0.05) is 5.39 Å². The zero-order chi connectivity index (χ0) is 15.4. The average Bonchev–Trinajstić information content (AvgIpc) is 2.55. The minimum absolute atomic E-state index is 0.0816. The molecule has 0 saturated heterocycles. The second-order valence-electron chi connectivity index (χ2n) is 5.61. The molecule has 0 heterocycles. The highest BCUT2D eigenvalue weighted by atomic mass is 19.1. The molecule has 0 bridgehead atoms. The second kappa shape index (κ2) is 6.57. The van der Waals surface area contributed by atoms with Crippen molar-refractivity contribution >= 4 is 16.8 Å². The van der Waals surface area contributed by atoms with Gasteiger partial charge in [0.15, 0.2) is 0 Å². The summed E-state index contributed by atoms with van der Waals surface area (Å²) in [6.07, 6.45) is 5.76. The van der Waals surface area contributed by atoms with Crippen molar-refractivity contribution in [2.24, 2.45) is 0 Å². The van der Waals surface area contributed by atoms with Crippen molar-refractivity contribution < 1.29 is 4.39 Å².